The first-order valence-corrected chi connectivity index (χ1v) is 8.13. The normalized spacial score (nSPS) is 16.3. The van der Waals surface area contributed by atoms with Crippen LogP contribution in [0.5, 0.6) is 0 Å². The van der Waals surface area contributed by atoms with Gasteiger partial charge in [0.1, 0.15) is 5.82 Å². The van der Waals surface area contributed by atoms with Crippen molar-refractivity contribution in [2.45, 2.75) is 31.9 Å². The van der Waals surface area contributed by atoms with Gasteiger partial charge in [0.05, 0.1) is 0 Å². The van der Waals surface area contributed by atoms with Crippen LogP contribution >= 0.6 is 0 Å². The molecule has 0 amide bonds. The Kier molecular flexibility index (Phi) is 4.89. The van der Waals surface area contributed by atoms with Crippen molar-refractivity contribution in [1.29, 1.82) is 0 Å². The number of aromatic nitrogens is 3. The van der Waals surface area contributed by atoms with E-state index in [2.05, 4.69) is 20.3 Å². The van der Waals surface area contributed by atoms with Crippen molar-refractivity contribution in [1.82, 2.24) is 15.0 Å². The first-order chi connectivity index (χ1) is 11.9. The Morgan fingerprint density at radius 2 is 1.88 bits per heavy atom. The predicted molar refractivity (Wildman–Crippen MR) is 86.7 cm³/mol. The van der Waals surface area contributed by atoms with Crippen LogP contribution in [-0.2, 0) is 6.18 Å². The van der Waals surface area contributed by atoms with E-state index in [9.17, 15) is 18.3 Å². The standard InChI is InChI=1S/C17H19F3N4O/c18-17(19,20)13-10-14(22-11-16(6-9-25)4-1-5-16)24-15(23-13)12-2-7-21-8-3-12/h2-3,7-8,10,25H,1,4-6,9,11H2,(H,22,23,24). The van der Waals surface area contributed by atoms with Gasteiger partial charge in [-0.15, -0.1) is 0 Å². The van der Waals surface area contributed by atoms with Gasteiger partial charge in [0.2, 0.25) is 0 Å². The van der Waals surface area contributed by atoms with Crippen LogP contribution < -0.4 is 5.32 Å². The molecule has 0 aromatic carbocycles. The minimum absolute atomic E-state index is 0.00421. The fourth-order valence-corrected chi connectivity index (χ4v) is 3.02. The molecule has 134 valence electrons. The average molecular weight is 352 g/mol. The molecular formula is C17H19F3N4O. The molecule has 0 atom stereocenters. The van der Waals surface area contributed by atoms with Crippen LogP contribution in [0.25, 0.3) is 11.4 Å². The number of hydrogen-bond donors (Lipinski definition) is 2. The molecule has 1 saturated carbocycles. The number of nitrogens with one attached hydrogen (secondary N) is 1. The number of anilines is 1. The van der Waals surface area contributed by atoms with Crippen molar-refractivity contribution in [3.63, 3.8) is 0 Å². The van der Waals surface area contributed by atoms with E-state index in [0.29, 0.717) is 18.5 Å². The summed E-state index contributed by atoms with van der Waals surface area (Å²) in [5.41, 5.74) is -0.575. The van der Waals surface area contributed by atoms with Gasteiger partial charge in [0.15, 0.2) is 11.5 Å². The largest absolute Gasteiger partial charge is 0.433 e. The Hall–Kier alpha value is -2.22. The predicted octanol–water partition coefficient (Wildman–Crippen LogP) is 3.52. The number of halogens is 3. The van der Waals surface area contributed by atoms with Crippen LogP contribution in [-0.4, -0.2) is 33.2 Å². The van der Waals surface area contributed by atoms with Crippen molar-refractivity contribution in [3.8, 4) is 11.4 Å². The summed E-state index contributed by atoms with van der Waals surface area (Å²) in [6.07, 6.45) is 2.02. The molecule has 3 rings (SSSR count). The molecular weight excluding hydrogens is 333 g/mol. The minimum atomic E-state index is -4.56. The molecule has 5 nitrogen and oxygen atoms in total. The summed E-state index contributed by atoms with van der Waals surface area (Å²) < 4.78 is 39.5. The summed E-state index contributed by atoms with van der Waals surface area (Å²) >= 11 is 0. The zero-order chi connectivity index (χ0) is 17.9. The molecule has 2 aromatic rings. The van der Waals surface area contributed by atoms with Gasteiger partial charge in [-0.1, -0.05) is 6.42 Å². The lowest BCUT2D eigenvalue weighted by atomic mass is 9.67. The van der Waals surface area contributed by atoms with Gasteiger partial charge in [0.25, 0.3) is 0 Å². The number of alkyl halides is 3. The van der Waals surface area contributed by atoms with Crippen LogP contribution in [0, 0.1) is 5.41 Å². The van der Waals surface area contributed by atoms with Crippen molar-refractivity contribution in [2.24, 2.45) is 5.41 Å². The molecule has 25 heavy (non-hydrogen) atoms. The molecule has 0 saturated heterocycles. The summed E-state index contributed by atoms with van der Waals surface area (Å²) in [4.78, 5) is 11.7. The van der Waals surface area contributed by atoms with Crippen molar-refractivity contribution < 1.29 is 18.3 Å². The lowest BCUT2D eigenvalue weighted by Crippen LogP contribution is -2.37. The maximum Gasteiger partial charge on any atom is 0.433 e. The zero-order valence-electron chi connectivity index (χ0n) is 13.6. The van der Waals surface area contributed by atoms with Gasteiger partial charge in [-0.2, -0.15) is 13.2 Å². The molecule has 1 fully saturated rings. The molecule has 2 heterocycles. The minimum Gasteiger partial charge on any atom is -0.396 e. The van der Waals surface area contributed by atoms with Crippen LogP contribution in [0.1, 0.15) is 31.4 Å². The number of nitrogens with zero attached hydrogens (tertiary/aromatic N) is 3. The van der Waals surface area contributed by atoms with E-state index in [0.717, 1.165) is 25.3 Å². The van der Waals surface area contributed by atoms with Gasteiger partial charge >= 0.3 is 6.18 Å². The van der Waals surface area contributed by atoms with E-state index in [4.69, 9.17) is 0 Å². The quantitative estimate of drug-likeness (QED) is 0.832. The topological polar surface area (TPSA) is 70.9 Å². The fraction of sp³-hybridized carbons (Fsp3) is 0.471. The summed E-state index contributed by atoms with van der Waals surface area (Å²) in [6, 6.07) is 4.06. The molecule has 8 heteroatoms. The van der Waals surface area contributed by atoms with Gasteiger partial charge in [-0.25, -0.2) is 9.97 Å². The van der Waals surface area contributed by atoms with E-state index >= 15 is 0 Å². The molecule has 2 aromatic heterocycles. The Bertz CT molecular complexity index is 718. The Morgan fingerprint density at radius 3 is 2.44 bits per heavy atom. The highest BCUT2D eigenvalue weighted by molar-refractivity contribution is 5.57. The highest BCUT2D eigenvalue weighted by Crippen LogP contribution is 2.43. The van der Waals surface area contributed by atoms with Crippen LogP contribution in [0.15, 0.2) is 30.6 Å². The summed E-state index contributed by atoms with van der Waals surface area (Å²) in [5, 5.41) is 12.2. The number of hydrogen-bond acceptors (Lipinski definition) is 5. The molecule has 0 bridgehead atoms. The van der Waals surface area contributed by atoms with Gasteiger partial charge in [-0.3, -0.25) is 4.98 Å². The van der Waals surface area contributed by atoms with Crippen molar-refractivity contribution in [3.05, 3.63) is 36.3 Å². The van der Waals surface area contributed by atoms with Crippen LogP contribution in [0.4, 0.5) is 19.0 Å². The Labute approximate surface area is 143 Å². The van der Waals surface area contributed by atoms with E-state index in [1.807, 2.05) is 0 Å². The van der Waals surface area contributed by atoms with Crippen LogP contribution in [0.3, 0.4) is 0 Å². The fourth-order valence-electron chi connectivity index (χ4n) is 3.02. The molecule has 1 aliphatic rings. The van der Waals surface area contributed by atoms with Gasteiger partial charge in [-0.05, 0) is 36.8 Å². The third kappa shape index (κ3) is 4.07. The van der Waals surface area contributed by atoms with Crippen LogP contribution in [0.2, 0.25) is 0 Å². The van der Waals surface area contributed by atoms with Gasteiger partial charge in [0, 0.05) is 37.2 Å². The summed E-state index contributed by atoms with van der Waals surface area (Å²) in [6.45, 7) is 0.555. The molecule has 0 unspecified atom stereocenters. The summed E-state index contributed by atoms with van der Waals surface area (Å²) in [7, 11) is 0. The lowest BCUT2D eigenvalue weighted by molar-refractivity contribution is -0.141. The Morgan fingerprint density at radius 1 is 1.16 bits per heavy atom. The molecule has 0 spiro atoms. The molecule has 0 aliphatic heterocycles. The average Bonchev–Trinajstić information content (AvgIpc) is 2.57. The third-order valence-electron chi connectivity index (χ3n) is 4.66. The third-order valence-corrected chi connectivity index (χ3v) is 4.66. The molecule has 1 aliphatic carbocycles. The van der Waals surface area contributed by atoms with Crippen molar-refractivity contribution >= 4 is 5.82 Å². The van der Waals surface area contributed by atoms with Crippen molar-refractivity contribution in [2.75, 3.05) is 18.5 Å². The van der Waals surface area contributed by atoms with E-state index in [-0.39, 0.29) is 23.7 Å². The second-order valence-electron chi connectivity index (χ2n) is 6.38. The Balaban J connectivity index is 1.88. The molecule has 2 N–H and O–H groups in total. The van der Waals surface area contributed by atoms with E-state index < -0.39 is 11.9 Å². The second kappa shape index (κ2) is 6.95. The van der Waals surface area contributed by atoms with E-state index in [1.165, 1.54) is 12.4 Å². The van der Waals surface area contributed by atoms with E-state index in [1.54, 1.807) is 12.1 Å². The van der Waals surface area contributed by atoms with Gasteiger partial charge < -0.3 is 10.4 Å². The number of aliphatic hydroxyl groups is 1. The number of aliphatic hydroxyl groups excluding tert-OH is 1. The maximum absolute atomic E-state index is 13.2. The number of pyridine rings is 1. The maximum atomic E-state index is 13.2. The lowest BCUT2D eigenvalue weighted by Gasteiger charge is -2.42. The zero-order valence-corrected chi connectivity index (χ0v) is 13.6. The SMILES string of the molecule is OCCC1(CNc2cc(C(F)(F)F)nc(-c3ccncc3)n2)CCC1. The highest BCUT2D eigenvalue weighted by atomic mass is 19.4. The number of rotatable bonds is 6. The smallest absolute Gasteiger partial charge is 0.396 e. The summed E-state index contributed by atoms with van der Waals surface area (Å²) in [5.74, 6) is 0.142. The molecule has 0 radical (unpaired) electrons. The highest BCUT2D eigenvalue weighted by Gasteiger charge is 2.37. The second-order valence-corrected chi connectivity index (χ2v) is 6.38. The monoisotopic (exact) mass is 352 g/mol. The first-order valence-electron chi connectivity index (χ1n) is 8.13. The first kappa shape index (κ1) is 17.6.